The zero-order chi connectivity index (χ0) is 13.9. The van der Waals surface area contributed by atoms with Crippen LogP contribution in [0.2, 0.25) is 0 Å². The zero-order valence-electron chi connectivity index (χ0n) is 11.1. The summed E-state index contributed by atoms with van der Waals surface area (Å²) in [7, 11) is 0. The molecule has 1 saturated heterocycles. The Balaban J connectivity index is 2.84. The highest BCUT2D eigenvalue weighted by Crippen LogP contribution is 2.30. The molecule has 0 radical (unpaired) electrons. The molecule has 0 unspecified atom stereocenters. The van der Waals surface area contributed by atoms with Crippen molar-refractivity contribution in [2.45, 2.75) is 58.7 Å². The van der Waals surface area contributed by atoms with Gasteiger partial charge in [-0.25, -0.2) is 0 Å². The summed E-state index contributed by atoms with van der Waals surface area (Å²) in [6.07, 6.45) is -2.56. The van der Waals surface area contributed by atoms with E-state index in [-0.39, 0.29) is 12.0 Å². The molecule has 1 heterocycles. The Morgan fingerprint density at radius 1 is 1.22 bits per heavy atom. The summed E-state index contributed by atoms with van der Waals surface area (Å²) in [4.78, 5) is 22.0. The maximum atomic E-state index is 11.0. The van der Waals surface area contributed by atoms with Crippen LogP contribution in [0.3, 0.4) is 0 Å². The van der Waals surface area contributed by atoms with Crippen LogP contribution in [-0.2, 0) is 23.8 Å². The number of carbonyl (C=O) groups excluding carboxylic acids is 2. The van der Waals surface area contributed by atoms with Crippen LogP contribution in [0.4, 0.5) is 0 Å². The van der Waals surface area contributed by atoms with E-state index in [0.717, 1.165) is 0 Å². The van der Waals surface area contributed by atoms with Crippen LogP contribution in [0.25, 0.3) is 0 Å². The van der Waals surface area contributed by atoms with Crippen molar-refractivity contribution in [3.05, 3.63) is 0 Å². The van der Waals surface area contributed by atoms with Gasteiger partial charge in [0.2, 0.25) is 6.29 Å². The molecule has 6 nitrogen and oxygen atoms in total. The fourth-order valence-corrected chi connectivity index (χ4v) is 2.15. The van der Waals surface area contributed by atoms with Gasteiger partial charge in [0, 0.05) is 19.8 Å². The predicted molar refractivity (Wildman–Crippen MR) is 61.4 cm³/mol. The number of aliphatic hydroxyl groups excluding tert-OH is 1. The lowest BCUT2D eigenvalue weighted by Gasteiger charge is -2.42. The van der Waals surface area contributed by atoms with Crippen LogP contribution in [0.15, 0.2) is 0 Å². The molecule has 18 heavy (non-hydrogen) atoms. The topological polar surface area (TPSA) is 82.1 Å². The first-order chi connectivity index (χ1) is 8.36. The van der Waals surface area contributed by atoms with Gasteiger partial charge >= 0.3 is 11.9 Å². The molecule has 1 rings (SSSR count). The third-order valence-corrected chi connectivity index (χ3v) is 3.02. The smallest absolute Gasteiger partial charge is 0.305 e. The molecule has 1 aliphatic rings. The maximum Gasteiger partial charge on any atom is 0.305 e. The minimum atomic E-state index is -1.17. The molecule has 1 fully saturated rings. The summed E-state index contributed by atoms with van der Waals surface area (Å²) < 4.78 is 15.5. The Labute approximate surface area is 106 Å². The molecule has 0 saturated carbocycles. The summed E-state index contributed by atoms with van der Waals surface area (Å²) in [5.41, 5.74) is 0. The lowest BCUT2D eigenvalue weighted by atomic mass is 9.89. The van der Waals surface area contributed by atoms with E-state index in [9.17, 15) is 14.7 Å². The Bertz CT molecular complexity index is 316. The van der Waals surface area contributed by atoms with Crippen molar-refractivity contribution in [3.8, 4) is 0 Å². The van der Waals surface area contributed by atoms with E-state index in [1.807, 2.05) is 13.8 Å². The van der Waals surface area contributed by atoms with Crippen LogP contribution in [0, 0.1) is 5.92 Å². The molecule has 0 aromatic rings. The lowest BCUT2D eigenvalue weighted by molar-refractivity contribution is -0.277. The van der Waals surface area contributed by atoms with E-state index >= 15 is 0 Å². The molecule has 6 heteroatoms. The third kappa shape index (κ3) is 3.43. The molecule has 0 amide bonds. The van der Waals surface area contributed by atoms with Gasteiger partial charge in [0.1, 0.15) is 6.10 Å². The first-order valence-electron chi connectivity index (χ1n) is 6.04. The predicted octanol–water partition coefficient (Wildman–Crippen LogP) is 0.613. The largest absolute Gasteiger partial charge is 0.459 e. The van der Waals surface area contributed by atoms with E-state index in [1.165, 1.54) is 13.8 Å². The molecule has 5 atom stereocenters. The SMILES string of the molecule is CC[C@@H]1O[C@H](OC(C)=O)[C@@H](O)[C@@H](OC(C)=O)[C@@H]1C. The van der Waals surface area contributed by atoms with Gasteiger partial charge in [-0.05, 0) is 6.42 Å². The molecular weight excluding hydrogens is 240 g/mol. The Morgan fingerprint density at radius 3 is 2.22 bits per heavy atom. The normalized spacial score (nSPS) is 35.9. The molecule has 1 N–H and O–H groups in total. The molecule has 104 valence electrons. The summed E-state index contributed by atoms with van der Waals surface area (Å²) in [6.45, 7) is 6.25. The van der Waals surface area contributed by atoms with Crippen LogP contribution < -0.4 is 0 Å². The summed E-state index contributed by atoms with van der Waals surface area (Å²) >= 11 is 0. The molecule has 0 aromatic carbocycles. The Morgan fingerprint density at radius 2 is 1.78 bits per heavy atom. The van der Waals surface area contributed by atoms with E-state index in [2.05, 4.69) is 0 Å². The number of esters is 2. The van der Waals surface area contributed by atoms with Gasteiger partial charge < -0.3 is 19.3 Å². The number of hydrogen-bond acceptors (Lipinski definition) is 6. The minimum Gasteiger partial charge on any atom is -0.459 e. The van der Waals surface area contributed by atoms with Crippen molar-refractivity contribution in [2.24, 2.45) is 5.92 Å². The van der Waals surface area contributed by atoms with Crippen LogP contribution in [0.5, 0.6) is 0 Å². The van der Waals surface area contributed by atoms with Crippen LogP contribution >= 0.6 is 0 Å². The van der Waals surface area contributed by atoms with Crippen LogP contribution in [-0.4, -0.2) is 41.6 Å². The number of ether oxygens (including phenoxy) is 3. The fraction of sp³-hybridized carbons (Fsp3) is 0.833. The standard InChI is InChI=1S/C12H20O6/c1-5-9-6(2)11(16-7(3)13)10(15)12(18-9)17-8(4)14/h6,9-12,15H,5H2,1-4H3/t6-,9+,10+,11+,12+/m1/s1. The molecule has 0 aromatic heterocycles. The number of aliphatic hydroxyl groups is 1. The van der Waals surface area contributed by atoms with Gasteiger partial charge in [0.25, 0.3) is 0 Å². The highest BCUT2D eigenvalue weighted by Gasteiger charge is 2.45. The zero-order valence-corrected chi connectivity index (χ0v) is 11.1. The highest BCUT2D eigenvalue weighted by molar-refractivity contribution is 5.66. The number of carbonyl (C=O) groups is 2. The summed E-state index contributed by atoms with van der Waals surface area (Å²) in [6, 6.07) is 0. The quantitative estimate of drug-likeness (QED) is 0.749. The highest BCUT2D eigenvalue weighted by atomic mass is 16.7. The second-order valence-electron chi connectivity index (χ2n) is 4.48. The number of rotatable bonds is 3. The first-order valence-corrected chi connectivity index (χ1v) is 6.04. The molecule has 0 spiro atoms. The van der Waals surface area contributed by atoms with Crippen molar-refractivity contribution in [1.29, 1.82) is 0 Å². The Hall–Kier alpha value is -1.14. The van der Waals surface area contributed by atoms with Crippen molar-refractivity contribution >= 4 is 11.9 Å². The first kappa shape index (κ1) is 14.9. The molecule has 0 aliphatic carbocycles. The third-order valence-electron chi connectivity index (χ3n) is 3.02. The summed E-state index contributed by atoms with van der Waals surface area (Å²) in [5, 5.41) is 10.0. The second kappa shape index (κ2) is 6.15. The molecular formula is C12H20O6. The van der Waals surface area contributed by atoms with Crippen molar-refractivity contribution in [3.63, 3.8) is 0 Å². The van der Waals surface area contributed by atoms with Crippen LogP contribution in [0.1, 0.15) is 34.1 Å². The lowest BCUT2D eigenvalue weighted by Crippen LogP contribution is -2.56. The van der Waals surface area contributed by atoms with Crippen molar-refractivity contribution < 1.29 is 28.9 Å². The van der Waals surface area contributed by atoms with Crippen molar-refractivity contribution in [2.75, 3.05) is 0 Å². The van der Waals surface area contributed by atoms with E-state index < -0.39 is 30.4 Å². The van der Waals surface area contributed by atoms with Gasteiger partial charge in [0.15, 0.2) is 6.10 Å². The van der Waals surface area contributed by atoms with Gasteiger partial charge in [-0.3, -0.25) is 9.59 Å². The average Bonchev–Trinajstić information content (AvgIpc) is 2.27. The van der Waals surface area contributed by atoms with Gasteiger partial charge in [-0.2, -0.15) is 0 Å². The van der Waals surface area contributed by atoms with Gasteiger partial charge in [-0.1, -0.05) is 13.8 Å². The Kier molecular flexibility index (Phi) is 5.10. The van der Waals surface area contributed by atoms with Gasteiger partial charge in [-0.15, -0.1) is 0 Å². The fourth-order valence-electron chi connectivity index (χ4n) is 2.15. The monoisotopic (exact) mass is 260 g/mol. The van der Waals surface area contributed by atoms with Crippen molar-refractivity contribution in [1.82, 2.24) is 0 Å². The van der Waals surface area contributed by atoms with Gasteiger partial charge in [0.05, 0.1) is 6.10 Å². The maximum absolute atomic E-state index is 11.0. The average molecular weight is 260 g/mol. The molecule has 0 bridgehead atoms. The van der Waals surface area contributed by atoms with E-state index in [1.54, 1.807) is 0 Å². The molecule has 1 aliphatic heterocycles. The second-order valence-corrected chi connectivity index (χ2v) is 4.48. The van der Waals surface area contributed by atoms with E-state index in [0.29, 0.717) is 6.42 Å². The summed E-state index contributed by atoms with van der Waals surface area (Å²) in [5.74, 6) is -1.20. The van der Waals surface area contributed by atoms with E-state index in [4.69, 9.17) is 14.2 Å². The number of hydrogen-bond donors (Lipinski definition) is 1. The minimum absolute atomic E-state index is 0.166.